The van der Waals surface area contributed by atoms with Gasteiger partial charge in [0.2, 0.25) is 0 Å². The average molecular weight is 442 g/mol. The van der Waals surface area contributed by atoms with Crippen molar-refractivity contribution >= 4 is 28.8 Å². The number of likely N-dealkylation sites (tertiary alicyclic amines) is 1. The molecule has 2 saturated heterocycles. The molecular formula is C24H27NO5S. The van der Waals surface area contributed by atoms with Crippen LogP contribution in [0.2, 0.25) is 0 Å². The number of ether oxygens (including phenoxy) is 2. The van der Waals surface area contributed by atoms with Crippen molar-refractivity contribution in [2.75, 3.05) is 19.8 Å². The number of hydrogen-bond acceptors (Lipinski definition) is 6. The van der Waals surface area contributed by atoms with Crippen molar-refractivity contribution in [2.45, 2.75) is 45.3 Å². The minimum absolute atomic E-state index is 0.0909. The zero-order valence-electron chi connectivity index (χ0n) is 17.8. The first-order valence-electron chi connectivity index (χ1n) is 10.7. The molecular weight excluding hydrogens is 414 g/mol. The Morgan fingerprint density at radius 3 is 2.84 bits per heavy atom. The minimum atomic E-state index is -0.659. The third-order valence-corrected chi connectivity index (χ3v) is 6.77. The van der Waals surface area contributed by atoms with E-state index in [9.17, 15) is 14.7 Å². The van der Waals surface area contributed by atoms with Crippen molar-refractivity contribution in [3.05, 3.63) is 57.3 Å². The van der Waals surface area contributed by atoms with Gasteiger partial charge >= 0.3 is 0 Å². The van der Waals surface area contributed by atoms with E-state index in [2.05, 4.69) is 0 Å². The Morgan fingerprint density at radius 2 is 2.16 bits per heavy atom. The highest BCUT2D eigenvalue weighted by Crippen LogP contribution is 2.43. The van der Waals surface area contributed by atoms with Crippen molar-refractivity contribution in [1.82, 2.24) is 4.90 Å². The van der Waals surface area contributed by atoms with Gasteiger partial charge in [-0.2, -0.15) is 0 Å². The second-order valence-electron chi connectivity index (χ2n) is 7.93. The maximum atomic E-state index is 13.1. The molecule has 1 aromatic carbocycles. The van der Waals surface area contributed by atoms with Crippen LogP contribution in [0.5, 0.6) is 5.75 Å². The van der Waals surface area contributed by atoms with Gasteiger partial charge < -0.3 is 19.5 Å². The van der Waals surface area contributed by atoms with Crippen molar-refractivity contribution in [2.24, 2.45) is 0 Å². The average Bonchev–Trinajstić information content (AvgIpc) is 3.49. The number of thiophene rings is 1. The second-order valence-corrected chi connectivity index (χ2v) is 8.88. The number of carbonyl (C=O) groups excluding carboxylic acids is 2. The molecule has 7 heteroatoms. The molecule has 0 radical (unpaired) electrons. The molecule has 3 heterocycles. The van der Waals surface area contributed by atoms with Gasteiger partial charge in [-0.3, -0.25) is 9.59 Å². The van der Waals surface area contributed by atoms with Crippen LogP contribution in [-0.4, -0.2) is 47.6 Å². The molecule has 2 aromatic rings. The Morgan fingerprint density at radius 1 is 1.32 bits per heavy atom. The summed E-state index contributed by atoms with van der Waals surface area (Å²) in [4.78, 5) is 28.6. The Bertz CT molecular complexity index is 1000. The topological polar surface area (TPSA) is 76.1 Å². The van der Waals surface area contributed by atoms with Gasteiger partial charge in [-0.25, -0.2) is 0 Å². The van der Waals surface area contributed by atoms with E-state index in [0.29, 0.717) is 31.1 Å². The number of aliphatic hydroxyl groups excluding tert-OH is 1. The first-order valence-corrected chi connectivity index (χ1v) is 11.6. The lowest BCUT2D eigenvalue weighted by atomic mass is 9.98. The van der Waals surface area contributed by atoms with Gasteiger partial charge in [0, 0.05) is 23.6 Å². The first-order chi connectivity index (χ1) is 15.0. The van der Waals surface area contributed by atoms with Crippen LogP contribution in [0.3, 0.4) is 0 Å². The molecule has 1 amide bonds. The zero-order chi connectivity index (χ0) is 22.0. The molecule has 2 aliphatic rings. The summed E-state index contributed by atoms with van der Waals surface area (Å²) in [6.45, 7) is 5.54. The van der Waals surface area contributed by atoms with E-state index in [0.717, 1.165) is 29.7 Å². The van der Waals surface area contributed by atoms with Crippen molar-refractivity contribution in [1.29, 1.82) is 0 Å². The van der Waals surface area contributed by atoms with Crippen LogP contribution in [0.4, 0.5) is 0 Å². The number of aliphatic hydroxyl groups is 1. The summed E-state index contributed by atoms with van der Waals surface area (Å²) in [5.74, 6) is -0.808. The Labute approximate surface area is 186 Å². The summed E-state index contributed by atoms with van der Waals surface area (Å²) in [6, 6.07) is 8.35. The number of carbonyl (C=O) groups is 2. The van der Waals surface area contributed by atoms with Gasteiger partial charge in [-0.15, -0.1) is 11.3 Å². The molecule has 0 saturated carbocycles. The highest BCUT2D eigenvalue weighted by atomic mass is 32.1. The molecule has 1 N–H and O–H groups in total. The maximum absolute atomic E-state index is 13.1. The lowest BCUT2D eigenvalue weighted by molar-refractivity contribution is -0.140. The molecule has 0 bridgehead atoms. The van der Waals surface area contributed by atoms with Crippen LogP contribution in [0, 0.1) is 6.92 Å². The van der Waals surface area contributed by atoms with Crippen LogP contribution in [0.15, 0.2) is 41.3 Å². The van der Waals surface area contributed by atoms with E-state index in [1.165, 1.54) is 11.3 Å². The van der Waals surface area contributed by atoms with Gasteiger partial charge in [-0.1, -0.05) is 19.1 Å². The second kappa shape index (κ2) is 9.24. The molecule has 164 valence electrons. The summed E-state index contributed by atoms with van der Waals surface area (Å²) in [7, 11) is 0. The fourth-order valence-corrected chi connectivity index (χ4v) is 5.17. The van der Waals surface area contributed by atoms with E-state index in [4.69, 9.17) is 9.47 Å². The Balaban J connectivity index is 1.77. The summed E-state index contributed by atoms with van der Waals surface area (Å²) in [5, 5.41) is 13.1. The lowest BCUT2D eigenvalue weighted by Gasteiger charge is -2.27. The zero-order valence-corrected chi connectivity index (χ0v) is 18.6. The predicted molar refractivity (Wildman–Crippen MR) is 119 cm³/mol. The fourth-order valence-electron chi connectivity index (χ4n) is 4.12. The van der Waals surface area contributed by atoms with E-state index >= 15 is 0 Å². The third-order valence-electron chi connectivity index (χ3n) is 5.69. The van der Waals surface area contributed by atoms with Gasteiger partial charge in [0.25, 0.3) is 11.7 Å². The number of nitrogens with zero attached hydrogens (tertiary/aromatic N) is 1. The SMILES string of the molecule is CCCOc1cccc(/C(O)=C2/C(=O)C(=O)N(CC3CCCO3)C2c2sccc2C)c1. The minimum Gasteiger partial charge on any atom is -0.507 e. The number of amides is 1. The van der Waals surface area contributed by atoms with Crippen LogP contribution < -0.4 is 4.74 Å². The molecule has 2 aliphatic heterocycles. The molecule has 0 aliphatic carbocycles. The van der Waals surface area contributed by atoms with E-state index in [1.54, 1.807) is 23.1 Å². The number of hydrogen-bond donors (Lipinski definition) is 1. The normalized spacial score (nSPS) is 23.0. The lowest BCUT2D eigenvalue weighted by Crippen LogP contribution is -2.36. The summed E-state index contributed by atoms with van der Waals surface area (Å²) < 4.78 is 11.4. The predicted octanol–water partition coefficient (Wildman–Crippen LogP) is 4.45. The van der Waals surface area contributed by atoms with Crippen molar-refractivity contribution < 1.29 is 24.2 Å². The highest BCUT2D eigenvalue weighted by Gasteiger charge is 2.47. The van der Waals surface area contributed by atoms with Crippen molar-refractivity contribution in [3.63, 3.8) is 0 Å². The number of Topliss-reactive ketones (excluding diaryl/α,β-unsaturated/α-hetero) is 1. The molecule has 2 fully saturated rings. The molecule has 31 heavy (non-hydrogen) atoms. The summed E-state index contributed by atoms with van der Waals surface area (Å²) in [6.07, 6.45) is 2.58. The van der Waals surface area contributed by atoms with Crippen LogP contribution in [-0.2, 0) is 14.3 Å². The van der Waals surface area contributed by atoms with Crippen LogP contribution in [0.25, 0.3) is 5.76 Å². The number of rotatable bonds is 7. The molecule has 0 spiro atoms. The third kappa shape index (κ3) is 4.25. The van der Waals surface area contributed by atoms with Crippen molar-refractivity contribution in [3.8, 4) is 5.75 Å². The number of aryl methyl sites for hydroxylation is 1. The van der Waals surface area contributed by atoms with Crippen LogP contribution in [0.1, 0.15) is 48.2 Å². The Hall–Kier alpha value is -2.64. The molecule has 2 unspecified atom stereocenters. The summed E-state index contributed by atoms with van der Waals surface area (Å²) >= 11 is 1.49. The number of benzene rings is 1. The van der Waals surface area contributed by atoms with E-state index in [1.807, 2.05) is 31.4 Å². The summed E-state index contributed by atoms with van der Waals surface area (Å²) in [5.41, 5.74) is 1.57. The molecule has 4 rings (SSSR count). The van der Waals surface area contributed by atoms with Gasteiger partial charge in [0.1, 0.15) is 11.5 Å². The maximum Gasteiger partial charge on any atom is 0.295 e. The van der Waals surface area contributed by atoms with E-state index in [-0.39, 0.29) is 17.4 Å². The smallest absolute Gasteiger partial charge is 0.295 e. The standard InChI is InChI=1S/C24H27NO5S/c1-3-10-29-17-7-4-6-16(13-17)21(26)19-20(23-15(2)9-12-31-23)25(24(28)22(19)27)14-18-8-5-11-30-18/h4,6-7,9,12-13,18,20,26H,3,5,8,10-11,14H2,1-2H3/b21-19-. The largest absolute Gasteiger partial charge is 0.507 e. The monoisotopic (exact) mass is 441 g/mol. The molecule has 1 aromatic heterocycles. The van der Waals surface area contributed by atoms with Gasteiger partial charge in [0.05, 0.1) is 24.3 Å². The van der Waals surface area contributed by atoms with Gasteiger partial charge in [0.15, 0.2) is 0 Å². The highest BCUT2D eigenvalue weighted by molar-refractivity contribution is 7.10. The quantitative estimate of drug-likeness (QED) is 0.390. The molecule has 2 atom stereocenters. The van der Waals surface area contributed by atoms with Gasteiger partial charge in [-0.05, 0) is 55.3 Å². The molecule has 6 nitrogen and oxygen atoms in total. The number of ketones is 1. The van der Waals surface area contributed by atoms with Crippen LogP contribution >= 0.6 is 11.3 Å². The van der Waals surface area contributed by atoms with E-state index < -0.39 is 17.7 Å². The fraction of sp³-hybridized carbons (Fsp3) is 0.417. The Kier molecular flexibility index (Phi) is 6.43. The first kappa shape index (κ1) is 21.6.